The molecule has 0 saturated carbocycles. The number of alkyl halides is 3. The van der Waals surface area contributed by atoms with Crippen molar-refractivity contribution >= 4 is 23.9 Å². The van der Waals surface area contributed by atoms with E-state index in [0.29, 0.717) is 11.4 Å². The molecule has 1 heterocycles. The van der Waals surface area contributed by atoms with Crippen LogP contribution >= 0.6 is 11.6 Å². The normalized spacial score (nSPS) is 15.3. The Morgan fingerprint density at radius 2 is 1.47 bits per heavy atom. The van der Waals surface area contributed by atoms with Crippen LogP contribution < -0.4 is 0 Å². The Hall–Kier alpha value is -2.88. The van der Waals surface area contributed by atoms with Crippen molar-refractivity contribution in [1.29, 1.82) is 0 Å². The number of nitrogens with zero attached hydrogens (tertiary/aromatic N) is 1. The van der Waals surface area contributed by atoms with Gasteiger partial charge in [-0.25, -0.2) is 9.59 Å². The van der Waals surface area contributed by atoms with E-state index < -0.39 is 35.0 Å². The van der Waals surface area contributed by atoms with Crippen LogP contribution in [0, 0.1) is 0 Å². The SMILES string of the molecule is COC(=O)OC1=C(C)N(C)C(C)=C(OC(=O)OC)C1c1ccc(Cl)c(C(F)(F)F)c1. The standard InChI is InChI=1S/C19H19ClF3NO6/c1-9-15(29-17(25)27-4)14(16(10(2)24(9)3)30-18(26)28-5)11-6-7-13(20)12(8-11)19(21,22)23/h6-8,14H,1-5H3. The number of hydrogen-bond donors (Lipinski definition) is 0. The molecule has 0 amide bonds. The van der Waals surface area contributed by atoms with Gasteiger partial charge in [-0.15, -0.1) is 0 Å². The van der Waals surface area contributed by atoms with Crippen LogP contribution in [0.15, 0.2) is 41.1 Å². The van der Waals surface area contributed by atoms with Gasteiger partial charge in [-0.3, -0.25) is 0 Å². The van der Waals surface area contributed by atoms with Gasteiger partial charge < -0.3 is 23.8 Å². The lowest BCUT2D eigenvalue weighted by molar-refractivity contribution is -0.137. The van der Waals surface area contributed by atoms with E-state index in [1.165, 1.54) is 6.07 Å². The van der Waals surface area contributed by atoms with Crippen molar-refractivity contribution in [2.75, 3.05) is 21.3 Å². The van der Waals surface area contributed by atoms with Gasteiger partial charge in [0.1, 0.15) is 17.4 Å². The summed E-state index contributed by atoms with van der Waals surface area (Å²) >= 11 is 5.72. The summed E-state index contributed by atoms with van der Waals surface area (Å²) < 4.78 is 59.7. The highest BCUT2D eigenvalue weighted by Gasteiger charge is 2.40. The summed E-state index contributed by atoms with van der Waals surface area (Å²) in [6.07, 6.45) is -6.92. The largest absolute Gasteiger partial charge is 0.513 e. The Balaban J connectivity index is 2.74. The molecule has 7 nitrogen and oxygen atoms in total. The maximum Gasteiger partial charge on any atom is 0.513 e. The number of ether oxygens (including phenoxy) is 4. The number of hydrogen-bond acceptors (Lipinski definition) is 7. The number of carbonyl (C=O) groups excluding carboxylic acids is 2. The van der Waals surface area contributed by atoms with Gasteiger partial charge in [0.2, 0.25) is 0 Å². The molecule has 0 radical (unpaired) electrons. The molecule has 0 N–H and O–H groups in total. The Morgan fingerprint density at radius 3 is 1.87 bits per heavy atom. The summed E-state index contributed by atoms with van der Waals surface area (Å²) in [7, 11) is 3.76. The number of rotatable bonds is 3. The number of methoxy groups -OCH3 is 2. The molecular formula is C19H19ClF3NO6. The van der Waals surface area contributed by atoms with E-state index in [-0.39, 0.29) is 17.1 Å². The molecule has 0 unspecified atom stereocenters. The van der Waals surface area contributed by atoms with Crippen molar-refractivity contribution in [2.24, 2.45) is 0 Å². The van der Waals surface area contributed by atoms with Crippen molar-refractivity contribution < 1.29 is 41.7 Å². The first-order chi connectivity index (χ1) is 13.9. The Labute approximate surface area is 175 Å². The molecule has 0 bridgehead atoms. The van der Waals surface area contributed by atoms with Crippen molar-refractivity contribution in [3.05, 3.63) is 57.3 Å². The average molecular weight is 450 g/mol. The molecule has 0 atom stereocenters. The third-order valence-electron chi connectivity index (χ3n) is 4.59. The van der Waals surface area contributed by atoms with Crippen molar-refractivity contribution in [3.8, 4) is 0 Å². The first kappa shape index (κ1) is 23.4. The lowest BCUT2D eigenvalue weighted by Crippen LogP contribution is -2.30. The quantitative estimate of drug-likeness (QED) is 0.570. The Kier molecular flexibility index (Phi) is 6.91. The molecule has 0 spiro atoms. The molecule has 1 aromatic rings. The highest BCUT2D eigenvalue weighted by molar-refractivity contribution is 6.31. The first-order valence-corrected chi connectivity index (χ1v) is 8.83. The lowest BCUT2D eigenvalue weighted by atomic mass is 9.89. The summed E-state index contributed by atoms with van der Waals surface area (Å²) in [5, 5.41) is -0.508. The highest BCUT2D eigenvalue weighted by Crippen LogP contribution is 2.45. The van der Waals surface area contributed by atoms with E-state index in [0.717, 1.165) is 26.4 Å². The van der Waals surface area contributed by atoms with Gasteiger partial charge in [0.05, 0.1) is 36.2 Å². The molecule has 164 valence electrons. The average Bonchev–Trinajstić information content (AvgIpc) is 2.69. The molecule has 11 heteroatoms. The molecule has 1 aliphatic heterocycles. The summed E-state index contributed by atoms with van der Waals surface area (Å²) in [5.74, 6) is -1.34. The predicted octanol–water partition coefficient (Wildman–Crippen LogP) is 5.42. The fraction of sp³-hybridized carbons (Fsp3) is 0.368. The smallest absolute Gasteiger partial charge is 0.437 e. The van der Waals surface area contributed by atoms with Crippen LogP contribution in [0.5, 0.6) is 0 Å². The zero-order valence-corrected chi connectivity index (χ0v) is 17.5. The monoisotopic (exact) mass is 449 g/mol. The molecule has 0 aromatic heterocycles. The number of benzene rings is 1. The van der Waals surface area contributed by atoms with E-state index >= 15 is 0 Å². The van der Waals surface area contributed by atoms with Gasteiger partial charge in [-0.2, -0.15) is 13.2 Å². The predicted molar refractivity (Wildman–Crippen MR) is 99.3 cm³/mol. The van der Waals surface area contributed by atoms with Crippen LogP contribution in [-0.4, -0.2) is 38.5 Å². The Bertz CT molecular complexity index is 883. The molecule has 0 fully saturated rings. The topological polar surface area (TPSA) is 74.3 Å². The third kappa shape index (κ3) is 4.64. The van der Waals surface area contributed by atoms with Crippen LogP contribution in [-0.2, 0) is 25.1 Å². The number of carbonyl (C=O) groups is 2. The molecule has 30 heavy (non-hydrogen) atoms. The van der Waals surface area contributed by atoms with Crippen LogP contribution in [0.25, 0.3) is 0 Å². The van der Waals surface area contributed by atoms with Gasteiger partial charge >= 0.3 is 18.5 Å². The maximum absolute atomic E-state index is 13.4. The van der Waals surface area contributed by atoms with E-state index in [2.05, 4.69) is 9.47 Å². The second-order valence-corrected chi connectivity index (χ2v) is 6.65. The van der Waals surface area contributed by atoms with Gasteiger partial charge in [0.15, 0.2) is 0 Å². The third-order valence-corrected chi connectivity index (χ3v) is 4.92. The van der Waals surface area contributed by atoms with E-state index in [1.54, 1.807) is 25.8 Å². The highest BCUT2D eigenvalue weighted by atomic mass is 35.5. The van der Waals surface area contributed by atoms with E-state index in [4.69, 9.17) is 21.1 Å². The van der Waals surface area contributed by atoms with Gasteiger partial charge in [-0.1, -0.05) is 17.7 Å². The fourth-order valence-corrected chi connectivity index (χ4v) is 3.11. The van der Waals surface area contributed by atoms with Gasteiger partial charge in [0, 0.05) is 7.05 Å². The summed E-state index contributed by atoms with van der Waals surface area (Å²) in [5.41, 5.74) is -0.283. The summed E-state index contributed by atoms with van der Waals surface area (Å²) in [6, 6.07) is 3.18. The van der Waals surface area contributed by atoms with Crippen LogP contribution in [0.4, 0.5) is 22.8 Å². The Morgan fingerprint density at radius 1 is 1.00 bits per heavy atom. The minimum absolute atomic E-state index is 0.0244. The van der Waals surface area contributed by atoms with Crippen molar-refractivity contribution in [3.63, 3.8) is 0 Å². The molecule has 2 rings (SSSR count). The van der Waals surface area contributed by atoms with Gasteiger partial charge in [-0.05, 0) is 31.5 Å². The molecule has 0 saturated heterocycles. The molecule has 1 aliphatic rings. The molecule has 1 aromatic carbocycles. The summed E-state index contributed by atoms with van der Waals surface area (Å²) in [6.45, 7) is 3.18. The van der Waals surface area contributed by atoms with Crippen LogP contribution in [0.1, 0.15) is 30.9 Å². The minimum atomic E-state index is -4.73. The van der Waals surface area contributed by atoms with Crippen molar-refractivity contribution in [2.45, 2.75) is 25.9 Å². The van der Waals surface area contributed by atoms with Gasteiger partial charge in [0.25, 0.3) is 0 Å². The fourth-order valence-electron chi connectivity index (χ4n) is 2.89. The zero-order chi connectivity index (χ0) is 22.8. The molecule has 0 aliphatic carbocycles. The van der Waals surface area contributed by atoms with Crippen LogP contribution in [0.3, 0.4) is 0 Å². The number of halogens is 4. The van der Waals surface area contributed by atoms with E-state index in [1.807, 2.05) is 0 Å². The lowest BCUT2D eigenvalue weighted by Gasteiger charge is -2.35. The summed E-state index contributed by atoms with van der Waals surface area (Å²) in [4.78, 5) is 25.2. The molecular weight excluding hydrogens is 431 g/mol. The zero-order valence-electron chi connectivity index (χ0n) is 16.7. The van der Waals surface area contributed by atoms with E-state index in [9.17, 15) is 22.8 Å². The van der Waals surface area contributed by atoms with Crippen LogP contribution in [0.2, 0.25) is 5.02 Å². The second kappa shape index (κ2) is 8.86. The minimum Gasteiger partial charge on any atom is -0.437 e. The first-order valence-electron chi connectivity index (χ1n) is 8.45. The second-order valence-electron chi connectivity index (χ2n) is 6.24. The number of allylic oxidation sites excluding steroid dienone is 2. The van der Waals surface area contributed by atoms with Crippen molar-refractivity contribution in [1.82, 2.24) is 4.90 Å². The maximum atomic E-state index is 13.4.